The first kappa shape index (κ1) is 28.8. The van der Waals surface area contributed by atoms with Gasteiger partial charge in [0.05, 0.1) is 11.9 Å². The van der Waals surface area contributed by atoms with Gasteiger partial charge in [-0.3, -0.25) is 13.9 Å². The molecule has 0 aromatic heterocycles. The van der Waals surface area contributed by atoms with Crippen molar-refractivity contribution in [3.8, 4) is 0 Å². The van der Waals surface area contributed by atoms with Crippen LogP contribution in [0.25, 0.3) is 0 Å². The summed E-state index contributed by atoms with van der Waals surface area (Å²) in [4.78, 5) is 27.6. The van der Waals surface area contributed by atoms with Crippen molar-refractivity contribution in [1.29, 1.82) is 0 Å². The Morgan fingerprint density at radius 3 is 2.31 bits per heavy atom. The van der Waals surface area contributed by atoms with E-state index in [0.29, 0.717) is 12.1 Å². The maximum absolute atomic E-state index is 13.3. The van der Waals surface area contributed by atoms with E-state index in [-0.39, 0.29) is 37.4 Å². The number of benzene rings is 2. The lowest BCUT2D eigenvalue weighted by molar-refractivity contribution is -0.140. The molecule has 0 unspecified atom stereocenters. The number of rotatable bonds is 11. The minimum atomic E-state index is -3.53. The van der Waals surface area contributed by atoms with Gasteiger partial charge in [-0.2, -0.15) is 0 Å². The van der Waals surface area contributed by atoms with Gasteiger partial charge in [0.25, 0.3) is 0 Å². The van der Waals surface area contributed by atoms with Gasteiger partial charge in [-0.25, -0.2) is 8.42 Å². The predicted molar refractivity (Wildman–Crippen MR) is 145 cm³/mol. The smallest absolute Gasteiger partial charge is 0.242 e. The van der Waals surface area contributed by atoms with E-state index in [0.717, 1.165) is 21.2 Å². The summed E-state index contributed by atoms with van der Waals surface area (Å²) in [7, 11) is -3.53. The van der Waals surface area contributed by atoms with E-state index < -0.39 is 16.1 Å². The molecular formula is C26H36BrN3O4S. The molecule has 0 radical (unpaired) electrons. The van der Waals surface area contributed by atoms with Gasteiger partial charge in [-0.15, -0.1) is 0 Å². The Kier molecular flexibility index (Phi) is 10.3. The Bertz CT molecular complexity index is 1150. The van der Waals surface area contributed by atoms with Gasteiger partial charge in [-0.05, 0) is 75.9 Å². The van der Waals surface area contributed by atoms with E-state index in [4.69, 9.17) is 0 Å². The van der Waals surface area contributed by atoms with Crippen LogP contribution in [0.5, 0.6) is 0 Å². The molecule has 9 heteroatoms. The molecule has 2 amide bonds. The van der Waals surface area contributed by atoms with Crippen molar-refractivity contribution in [3.63, 3.8) is 0 Å². The summed E-state index contributed by atoms with van der Waals surface area (Å²) >= 11 is 3.45. The highest BCUT2D eigenvalue weighted by atomic mass is 79.9. The molecule has 0 fully saturated rings. The van der Waals surface area contributed by atoms with Crippen LogP contribution in [0.15, 0.2) is 46.9 Å². The van der Waals surface area contributed by atoms with Crippen LogP contribution >= 0.6 is 15.9 Å². The highest BCUT2D eigenvalue weighted by molar-refractivity contribution is 9.10. The summed E-state index contributed by atoms with van der Waals surface area (Å²) in [5, 5.41) is 2.87. The fourth-order valence-electron chi connectivity index (χ4n) is 3.81. The third kappa shape index (κ3) is 8.35. The number of halogens is 1. The third-order valence-corrected chi connectivity index (χ3v) is 7.51. The lowest BCUT2D eigenvalue weighted by Gasteiger charge is -2.30. The van der Waals surface area contributed by atoms with Crippen LogP contribution in [0.3, 0.4) is 0 Å². The molecule has 0 saturated heterocycles. The lowest BCUT2D eigenvalue weighted by Crippen LogP contribution is -2.49. The minimum Gasteiger partial charge on any atom is -0.352 e. The molecule has 0 bridgehead atoms. The Morgan fingerprint density at radius 2 is 1.71 bits per heavy atom. The van der Waals surface area contributed by atoms with Crippen LogP contribution in [0.4, 0.5) is 5.69 Å². The molecule has 2 rings (SSSR count). The Hall–Kier alpha value is -2.39. The third-order valence-electron chi connectivity index (χ3n) is 5.84. The molecule has 0 saturated carbocycles. The molecule has 0 aliphatic rings. The first-order valence-corrected chi connectivity index (χ1v) is 14.3. The standard InChI is InChI=1S/C26H36BrN3O4S/c1-18(2)28-26(32)21(5)29(17-22-11-8-12-23(27)16-22)25(31)14-9-15-30(35(6,33)34)24-13-7-10-19(3)20(24)4/h7-8,10-13,16,18,21H,9,14-15,17H2,1-6H3,(H,28,32)/t21-/m1/s1. The number of amides is 2. The highest BCUT2D eigenvalue weighted by Gasteiger charge is 2.27. The monoisotopic (exact) mass is 565 g/mol. The highest BCUT2D eigenvalue weighted by Crippen LogP contribution is 2.25. The Morgan fingerprint density at radius 1 is 1.06 bits per heavy atom. The SMILES string of the molecule is Cc1cccc(N(CCCC(=O)N(Cc2cccc(Br)c2)[C@H](C)C(=O)NC(C)C)S(C)(=O)=O)c1C. The number of anilines is 1. The van der Waals surface area contributed by atoms with E-state index in [1.165, 1.54) is 10.6 Å². The normalized spacial score (nSPS) is 12.3. The van der Waals surface area contributed by atoms with Crippen molar-refractivity contribution in [3.05, 3.63) is 63.6 Å². The molecule has 2 aromatic rings. The molecule has 192 valence electrons. The topological polar surface area (TPSA) is 86.8 Å². The quantitative estimate of drug-likeness (QED) is 0.433. The number of hydrogen-bond acceptors (Lipinski definition) is 4. The average molecular weight is 567 g/mol. The van der Waals surface area contributed by atoms with Crippen LogP contribution in [0.2, 0.25) is 0 Å². The zero-order valence-electron chi connectivity index (χ0n) is 21.3. The van der Waals surface area contributed by atoms with Crippen molar-refractivity contribution in [1.82, 2.24) is 10.2 Å². The van der Waals surface area contributed by atoms with Crippen LogP contribution in [0.1, 0.15) is 50.3 Å². The number of nitrogens with zero attached hydrogens (tertiary/aromatic N) is 2. The summed E-state index contributed by atoms with van der Waals surface area (Å²) in [6.07, 6.45) is 1.62. The summed E-state index contributed by atoms with van der Waals surface area (Å²) in [6.45, 7) is 9.74. The molecule has 0 heterocycles. The van der Waals surface area contributed by atoms with Gasteiger partial charge in [0, 0.05) is 30.0 Å². The molecular weight excluding hydrogens is 530 g/mol. The van der Waals surface area contributed by atoms with E-state index in [2.05, 4.69) is 21.2 Å². The minimum absolute atomic E-state index is 0.0475. The van der Waals surface area contributed by atoms with Crippen LogP contribution < -0.4 is 9.62 Å². The molecule has 2 aromatic carbocycles. The van der Waals surface area contributed by atoms with Crippen molar-refractivity contribution in [2.45, 2.75) is 66.1 Å². The molecule has 0 aliphatic heterocycles. The van der Waals surface area contributed by atoms with E-state index in [1.807, 2.05) is 64.1 Å². The number of carbonyl (C=O) groups excluding carboxylic acids is 2. The fourth-order valence-corrected chi connectivity index (χ4v) is 5.27. The largest absolute Gasteiger partial charge is 0.352 e. The maximum Gasteiger partial charge on any atom is 0.242 e. The van der Waals surface area contributed by atoms with Gasteiger partial charge in [0.1, 0.15) is 6.04 Å². The van der Waals surface area contributed by atoms with Gasteiger partial charge >= 0.3 is 0 Å². The van der Waals surface area contributed by atoms with Crippen molar-refractivity contribution in [2.75, 3.05) is 17.1 Å². The number of carbonyl (C=O) groups is 2. The second-order valence-electron chi connectivity index (χ2n) is 9.15. The van der Waals surface area contributed by atoms with Crippen molar-refractivity contribution in [2.24, 2.45) is 0 Å². The molecule has 1 atom stereocenters. The average Bonchev–Trinajstić information content (AvgIpc) is 2.75. The lowest BCUT2D eigenvalue weighted by atomic mass is 10.1. The number of sulfonamides is 1. The summed E-state index contributed by atoms with van der Waals surface area (Å²) in [6, 6.07) is 12.4. The molecule has 35 heavy (non-hydrogen) atoms. The second kappa shape index (κ2) is 12.5. The van der Waals surface area contributed by atoms with Crippen molar-refractivity contribution < 1.29 is 18.0 Å². The number of nitrogens with one attached hydrogen (secondary N) is 1. The zero-order valence-corrected chi connectivity index (χ0v) is 23.7. The molecule has 0 spiro atoms. The van der Waals surface area contributed by atoms with Crippen molar-refractivity contribution >= 4 is 43.5 Å². The van der Waals surface area contributed by atoms with E-state index >= 15 is 0 Å². The predicted octanol–water partition coefficient (Wildman–Crippen LogP) is 4.55. The summed E-state index contributed by atoms with van der Waals surface area (Å²) in [5.74, 6) is -0.428. The Balaban J connectivity index is 2.21. The van der Waals surface area contributed by atoms with Crippen LogP contribution in [-0.4, -0.2) is 50.0 Å². The van der Waals surface area contributed by atoms with Gasteiger partial charge in [0.2, 0.25) is 21.8 Å². The first-order chi connectivity index (χ1) is 16.3. The van der Waals surface area contributed by atoms with Crippen LogP contribution in [0, 0.1) is 13.8 Å². The van der Waals surface area contributed by atoms with Gasteiger partial charge in [-0.1, -0.05) is 40.2 Å². The van der Waals surface area contributed by atoms with E-state index in [1.54, 1.807) is 17.9 Å². The summed E-state index contributed by atoms with van der Waals surface area (Å²) in [5.41, 5.74) is 3.40. The molecule has 1 N–H and O–H groups in total. The van der Waals surface area contributed by atoms with E-state index in [9.17, 15) is 18.0 Å². The fraction of sp³-hybridized carbons (Fsp3) is 0.462. The maximum atomic E-state index is 13.3. The Labute approximate surface area is 218 Å². The molecule has 7 nitrogen and oxygen atoms in total. The van der Waals surface area contributed by atoms with Crippen LogP contribution in [-0.2, 0) is 26.2 Å². The first-order valence-electron chi connectivity index (χ1n) is 11.7. The second-order valence-corrected chi connectivity index (χ2v) is 12.0. The molecule has 0 aliphatic carbocycles. The zero-order chi connectivity index (χ0) is 26.3. The van der Waals surface area contributed by atoms with Gasteiger partial charge < -0.3 is 10.2 Å². The number of hydrogen-bond donors (Lipinski definition) is 1. The summed E-state index contributed by atoms with van der Waals surface area (Å²) < 4.78 is 27.3. The van der Waals surface area contributed by atoms with Gasteiger partial charge in [0.15, 0.2) is 0 Å². The number of aryl methyl sites for hydroxylation is 1.